The van der Waals surface area contributed by atoms with Crippen molar-refractivity contribution < 1.29 is 68.9 Å². The minimum atomic E-state index is 0. The summed E-state index contributed by atoms with van der Waals surface area (Å²) in [6.07, 6.45) is 2.43. The summed E-state index contributed by atoms with van der Waals surface area (Å²) in [5.41, 5.74) is 0. The summed E-state index contributed by atoms with van der Waals surface area (Å²) in [5.74, 6) is 0.586. The molecule has 0 radical (unpaired) electrons. The molecule has 0 amide bonds. The van der Waals surface area contributed by atoms with Crippen LogP contribution in [0.4, 0.5) is 5.95 Å². The van der Waals surface area contributed by atoms with Gasteiger partial charge in [-0.3, -0.25) is 5.14 Å². The van der Waals surface area contributed by atoms with Crippen molar-refractivity contribution >= 4 is 42.0 Å². The molecule has 2 aliphatic rings. The first kappa shape index (κ1) is 21.7. The molecule has 2 bridgehead atoms. The smallest absolute Gasteiger partial charge is 0.358 e. The number of rotatable bonds is 1. The van der Waals surface area contributed by atoms with E-state index >= 15 is 0 Å². The maximum atomic E-state index is 5.77. The number of nitrogens with zero attached hydrogens (tertiary/aromatic N) is 4. The van der Waals surface area contributed by atoms with Crippen molar-refractivity contribution in [2.24, 2.45) is 5.14 Å². The number of nitrogens with one attached hydrogen (secondary N) is 1. The first-order valence-corrected chi connectivity index (χ1v) is 6.82. The monoisotopic (exact) mass is 456 g/mol. The molecule has 108 valence electrons. The van der Waals surface area contributed by atoms with Crippen LogP contribution in [0.1, 0.15) is 12.8 Å². The van der Waals surface area contributed by atoms with Crippen molar-refractivity contribution in [3.05, 3.63) is 18.0 Å². The molecule has 1 aromatic heterocycles. The molecule has 6 nitrogen and oxygen atoms in total. The number of hydrogen-bond donors (Lipinski definition) is 3. The van der Waals surface area contributed by atoms with Crippen LogP contribution in [-0.2, 0) is 0 Å². The Morgan fingerprint density at radius 2 is 1.50 bits per heavy atom. The molecule has 3 N–H and O–H groups in total. The van der Waals surface area contributed by atoms with Crippen LogP contribution in [0.15, 0.2) is 0 Å². The molecule has 2 aliphatic heterocycles. The largest absolute Gasteiger partial charge is 1.00 e. The van der Waals surface area contributed by atoms with E-state index < -0.39 is 0 Å². The Bertz CT molecular complexity index is 394. The maximum absolute atomic E-state index is 5.77. The van der Waals surface area contributed by atoms with Crippen LogP contribution >= 0.6 is 36.0 Å². The zero-order chi connectivity index (χ0) is 13.1. The predicted molar refractivity (Wildman–Crippen MR) is 81.6 cm³/mol. The van der Waals surface area contributed by atoms with Crippen LogP contribution in [0.3, 0.4) is 0 Å². The molecule has 0 aliphatic carbocycles. The Hall–Kier alpha value is 1.71. The van der Waals surface area contributed by atoms with Crippen molar-refractivity contribution in [1.29, 1.82) is 0 Å². The molecule has 3 heterocycles. The van der Waals surface area contributed by atoms with Crippen molar-refractivity contribution in [3.63, 3.8) is 0 Å². The number of halogens is 2. The summed E-state index contributed by atoms with van der Waals surface area (Å²) in [4.78, 5) is 14.1. The molecule has 0 saturated carbocycles. The van der Waals surface area contributed by atoms with Crippen LogP contribution in [-0.4, -0.2) is 40.1 Å². The normalized spacial score (nSPS) is 23.1. The van der Waals surface area contributed by atoms with Gasteiger partial charge in [0.25, 0.3) is 0 Å². The quantitative estimate of drug-likeness (QED) is 0.347. The van der Waals surface area contributed by atoms with Gasteiger partial charge in [-0.05, 0) is 36.0 Å². The molecular formula is C10H17Cl2CsN6S. The molecule has 10 heteroatoms. The Labute approximate surface area is 193 Å². The Morgan fingerprint density at radius 1 is 1.05 bits per heavy atom. The van der Waals surface area contributed by atoms with E-state index in [0.717, 1.165) is 13.1 Å². The minimum Gasteiger partial charge on any atom is -0.358 e. The van der Waals surface area contributed by atoms with E-state index in [1.54, 1.807) is 0 Å². The molecule has 0 aromatic carbocycles. The van der Waals surface area contributed by atoms with Crippen molar-refractivity contribution in [2.75, 3.05) is 18.0 Å². The van der Waals surface area contributed by atoms with E-state index in [1.807, 2.05) is 0 Å². The van der Waals surface area contributed by atoms with Crippen molar-refractivity contribution in [1.82, 2.24) is 20.3 Å². The standard InChI is InChI=1S/C9H11Cl2N5.CH3.Cs.H3NS/c10-7-13-8(11)15-9(14-7)16-3-5-1-2-6(4-16)12-5;;;1-2/h5-6,12H,1-4H2;1H3;;2H,1H2/q;-1;+1;. The van der Waals surface area contributed by atoms with Crippen molar-refractivity contribution in [2.45, 2.75) is 24.9 Å². The summed E-state index contributed by atoms with van der Waals surface area (Å²) in [5, 5.41) is 8.04. The fourth-order valence-electron chi connectivity index (χ4n) is 2.42. The second-order valence-electron chi connectivity index (χ2n) is 4.22. The topological polar surface area (TPSA) is 80.0 Å². The second kappa shape index (κ2) is 10.5. The van der Waals surface area contributed by atoms with Gasteiger partial charge in [0.2, 0.25) is 16.5 Å². The van der Waals surface area contributed by atoms with E-state index in [9.17, 15) is 0 Å². The Kier molecular flexibility index (Phi) is 11.4. The van der Waals surface area contributed by atoms with Gasteiger partial charge in [-0.25, -0.2) is 0 Å². The van der Waals surface area contributed by atoms with Crippen LogP contribution in [0.2, 0.25) is 10.6 Å². The number of aromatic nitrogens is 3. The molecule has 2 fully saturated rings. The zero-order valence-corrected chi connectivity index (χ0v) is 20.2. The van der Waals surface area contributed by atoms with E-state index in [2.05, 4.69) is 43.1 Å². The fourth-order valence-corrected chi connectivity index (χ4v) is 2.77. The van der Waals surface area contributed by atoms with E-state index in [4.69, 9.17) is 23.2 Å². The van der Waals surface area contributed by atoms with Crippen LogP contribution < -0.4 is 84.2 Å². The Balaban J connectivity index is 0.000000866. The first-order chi connectivity index (χ1) is 8.70. The summed E-state index contributed by atoms with van der Waals surface area (Å²) in [6.45, 7) is 1.82. The van der Waals surface area contributed by atoms with E-state index in [-0.39, 0.29) is 86.9 Å². The third kappa shape index (κ3) is 5.73. The molecule has 2 atom stereocenters. The molecule has 20 heavy (non-hydrogen) atoms. The molecule has 3 rings (SSSR count). The molecule has 2 saturated heterocycles. The molecular weight excluding hydrogens is 440 g/mol. The van der Waals surface area contributed by atoms with Gasteiger partial charge in [-0.1, -0.05) is 0 Å². The van der Waals surface area contributed by atoms with Gasteiger partial charge >= 0.3 is 68.9 Å². The molecule has 1 aromatic rings. The minimum absolute atomic E-state index is 0. The third-order valence-electron chi connectivity index (χ3n) is 3.07. The summed E-state index contributed by atoms with van der Waals surface area (Å²) < 4.78 is 0. The van der Waals surface area contributed by atoms with Gasteiger partial charge in [-0.15, -0.1) is 12.8 Å². The maximum Gasteiger partial charge on any atom is 1.00 e. The number of anilines is 1. The number of fused-ring (bicyclic) bond motifs is 2. The molecule has 0 spiro atoms. The fraction of sp³-hybridized carbons (Fsp3) is 0.600. The van der Waals surface area contributed by atoms with E-state index in [0.29, 0.717) is 18.0 Å². The van der Waals surface area contributed by atoms with Gasteiger partial charge in [-0.2, -0.15) is 15.0 Å². The van der Waals surface area contributed by atoms with Gasteiger partial charge < -0.3 is 17.6 Å². The number of hydrogen-bond acceptors (Lipinski definition) is 7. The first-order valence-electron chi connectivity index (χ1n) is 5.54. The van der Waals surface area contributed by atoms with Gasteiger partial charge in [0, 0.05) is 25.2 Å². The van der Waals surface area contributed by atoms with Crippen LogP contribution in [0.5, 0.6) is 0 Å². The van der Waals surface area contributed by atoms with Gasteiger partial charge in [0.15, 0.2) is 0 Å². The SMILES string of the molecule is Clc1nc(Cl)nc(N2CC3CCC(C2)N3)n1.NS.[CH3-].[Cs+]. The number of nitrogens with two attached hydrogens (primary N) is 1. The second-order valence-corrected chi connectivity index (χ2v) is 4.89. The average molecular weight is 457 g/mol. The van der Waals surface area contributed by atoms with Crippen LogP contribution in [0.25, 0.3) is 0 Å². The zero-order valence-electron chi connectivity index (χ0n) is 11.6. The Morgan fingerprint density at radius 3 is 1.95 bits per heavy atom. The summed E-state index contributed by atoms with van der Waals surface area (Å²) in [7, 11) is 0. The van der Waals surface area contributed by atoms with Crippen molar-refractivity contribution in [3.8, 4) is 0 Å². The summed E-state index contributed by atoms with van der Waals surface area (Å²) in [6, 6.07) is 1.07. The van der Waals surface area contributed by atoms with E-state index in [1.165, 1.54) is 12.8 Å². The van der Waals surface area contributed by atoms with Crippen LogP contribution in [0, 0.1) is 7.43 Å². The third-order valence-corrected chi connectivity index (χ3v) is 3.41. The number of thiol groups is 1. The van der Waals surface area contributed by atoms with Gasteiger partial charge in [0.1, 0.15) is 0 Å². The summed E-state index contributed by atoms with van der Waals surface area (Å²) >= 11 is 14.6. The molecule has 2 unspecified atom stereocenters. The average Bonchev–Trinajstić information content (AvgIpc) is 2.69. The number of piperazine rings is 1. The predicted octanol–water partition coefficient (Wildman–Crippen LogP) is -1.64. The van der Waals surface area contributed by atoms with Gasteiger partial charge in [0.05, 0.1) is 0 Å².